The molecule has 6 nitrogen and oxygen atoms in total. The molecule has 2 N–H and O–H groups in total. The Morgan fingerprint density at radius 3 is 2.85 bits per heavy atom. The maximum absolute atomic E-state index is 12.3. The predicted octanol–water partition coefficient (Wildman–Crippen LogP) is 0.960. The second-order valence-electron chi connectivity index (χ2n) is 5.45. The number of hydrogen-bond acceptors (Lipinski definition) is 4. The number of aromatic nitrogens is 2. The first-order chi connectivity index (χ1) is 9.55. The van der Waals surface area contributed by atoms with Crippen LogP contribution in [-0.4, -0.2) is 37.8 Å². The van der Waals surface area contributed by atoms with Crippen molar-refractivity contribution in [1.82, 2.24) is 19.8 Å². The first-order valence-electron chi connectivity index (χ1n) is 7.24. The number of likely N-dealkylation sites (N-methyl/N-ethyl adjacent to an activating group) is 1. The smallest absolute Gasteiger partial charge is 0.243 e. The van der Waals surface area contributed by atoms with Crippen molar-refractivity contribution in [3.05, 3.63) is 12.4 Å². The van der Waals surface area contributed by atoms with Gasteiger partial charge in [-0.1, -0.05) is 19.8 Å². The molecule has 114 valence electrons. The summed E-state index contributed by atoms with van der Waals surface area (Å²) < 4.78 is 29.1. The van der Waals surface area contributed by atoms with Crippen molar-refractivity contribution >= 4 is 10.0 Å². The third-order valence-electron chi connectivity index (χ3n) is 3.64. The van der Waals surface area contributed by atoms with Crippen LogP contribution in [0.3, 0.4) is 0 Å². The molecule has 1 aliphatic carbocycles. The highest BCUT2D eigenvalue weighted by Crippen LogP contribution is 2.34. The minimum absolute atomic E-state index is 0.0353. The molecule has 1 aromatic heterocycles. The Bertz CT molecular complexity index is 522. The first-order valence-corrected chi connectivity index (χ1v) is 8.73. The molecule has 2 rings (SSSR count). The van der Waals surface area contributed by atoms with Gasteiger partial charge in [0.1, 0.15) is 4.90 Å². The van der Waals surface area contributed by atoms with Crippen LogP contribution >= 0.6 is 0 Å². The average Bonchev–Trinajstić information content (AvgIpc) is 3.09. The minimum Gasteiger partial charge on any atom is -0.318 e. The fourth-order valence-electron chi connectivity index (χ4n) is 2.17. The molecular formula is C13H24N4O2S. The van der Waals surface area contributed by atoms with Crippen LogP contribution in [0.4, 0.5) is 0 Å². The number of hydrogen-bond donors (Lipinski definition) is 2. The Hall–Kier alpha value is -0.920. The summed E-state index contributed by atoms with van der Waals surface area (Å²) in [5.41, 5.74) is 0. The monoisotopic (exact) mass is 300 g/mol. The Morgan fingerprint density at radius 1 is 1.50 bits per heavy atom. The third kappa shape index (κ3) is 4.29. The second-order valence-corrected chi connectivity index (χ2v) is 7.16. The van der Waals surface area contributed by atoms with E-state index in [0.29, 0.717) is 12.5 Å². The average molecular weight is 300 g/mol. The van der Waals surface area contributed by atoms with E-state index in [1.807, 2.05) is 14.0 Å². The summed E-state index contributed by atoms with van der Waals surface area (Å²) in [7, 11) is -1.59. The number of rotatable bonds is 9. The van der Waals surface area contributed by atoms with Crippen molar-refractivity contribution in [3.63, 3.8) is 0 Å². The van der Waals surface area contributed by atoms with E-state index in [1.165, 1.54) is 19.0 Å². The van der Waals surface area contributed by atoms with Gasteiger partial charge in [-0.15, -0.1) is 0 Å². The third-order valence-corrected chi connectivity index (χ3v) is 5.12. The minimum atomic E-state index is -3.45. The zero-order valence-corrected chi connectivity index (χ0v) is 13.0. The summed E-state index contributed by atoms with van der Waals surface area (Å²) in [6.45, 7) is 3.44. The van der Waals surface area contributed by atoms with Crippen LogP contribution in [0.5, 0.6) is 0 Å². The van der Waals surface area contributed by atoms with E-state index in [0.717, 1.165) is 19.4 Å². The van der Waals surface area contributed by atoms with Crippen molar-refractivity contribution < 1.29 is 8.42 Å². The molecule has 0 aromatic carbocycles. The molecule has 7 heteroatoms. The highest BCUT2D eigenvalue weighted by molar-refractivity contribution is 7.89. The first kappa shape index (κ1) is 15.5. The molecule has 1 unspecified atom stereocenters. The number of nitrogens with zero attached hydrogens (tertiary/aromatic N) is 2. The molecule has 1 heterocycles. The van der Waals surface area contributed by atoms with Gasteiger partial charge in [0.15, 0.2) is 0 Å². The van der Waals surface area contributed by atoms with E-state index in [-0.39, 0.29) is 10.9 Å². The maximum Gasteiger partial charge on any atom is 0.243 e. The lowest BCUT2D eigenvalue weighted by molar-refractivity contribution is 0.495. The largest absolute Gasteiger partial charge is 0.318 e. The molecule has 0 amide bonds. The highest BCUT2D eigenvalue weighted by Gasteiger charge is 2.28. The Labute approximate surface area is 121 Å². The Kier molecular flexibility index (Phi) is 5.17. The van der Waals surface area contributed by atoms with Gasteiger partial charge < -0.3 is 5.32 Å². The van der Waals surface area contributed by atoms with Gasteiger partial charge in [0.25, 0.3) is 0 Å². The van der Waals surface area contributed by atoms with Gasteiger partial charge in [0.2, 0.25) is 10.0 Å². The van der Waals surface area contributed by atoms with Gasteiger partial charge in [0.05, 0.1) is 12.7 Å². The topological polar surface area (TPSA) is 76.0 Å². The zero-order valence-electron chi connectivity index (χ0n) is 12.2. The molecular weight excluding hydrogens is 276 g/mol. The normalized spacial score (nSPS) is 17.3. The van der Waals surface area contributed by atoms with Gasteiger partial charge in [-0.05, 0) is 25.8 Å². The number of sulfonamides is 1. The molecule has 0 spiro atoms. The molecule has 1 fully saturated rings. The lowest BCUT2D eigenvalue weighted by atomic mass is 10.1. The lowest BCUT2D eigenvalue weighted by Gasteiger charge is -2.15. The van der Waals surface area contributed by atoms with Crippen LogP contribution in [0.2, 0.25) is 0 Å². The molecule has 1 saturated carbocycles. The second kappa shape index (κ2) is 6.69. The SMILES string of the molecule is CCC(CC1CC1)NS(=O)(=O)c1cnn(CCNC)c1. The molecule has 0 aliphatic heterocycles. The van der Waals surface area contributed by atoms with Crippen LogP contribution in [0, 0.1) is 5.92 Å². The summed E-state index contributed by atoms with van der Waals surface area (Å²) in [5, 5.41) is 7.09. The van der Waals surface area contributed by atoms with Crippen molar-refractivity contribution in [1.29, 1.82) is 0 Å². The van der Waals surface area contributed by atoms with Gasteiger partial charge in [-0.3, -0.25) is 4.68 Å². The van der Waals surface area contributed by atoms with Crippen molar-refractivity contribution in [2.24, 2.45) is 5.92 Å². The standard InChI is InChI=1S/C13H24N4O2S/c1-3-12(8-11-4-5-11)16-20(18,19)13-9-15-17(10-13)7-6-14-2/h9-12,14,16H,3-8H2,1-2H3. The Balaban J connectivity index is 1.98. The summed E-state index contributed by atoms with van der Waals surface area (Å²) in [6.07, 6.45) is 7.25. The van der Waals surface area contributed by atoms with Crippen LogP contribution in [-0.2, 0) is 16.6 Å². The van der Waals surface area contributed by atoms with Crippen LogP contribution in [0.1, 0.15) is 32.6 Å². The van der Waals surface area contributed by atoms with Gasteiger partial charge in [-0.2, -0.15) is 5.10 Å². The van der Waals surface area contributed by atoms with E-state index in [2.05, 4.69) is 15.1 Å². The van der Waals surface area contributed by atoms with Gasteiger partial charge in [0, 0.05) is 18.8 Å². The summed E-state index contributed by atoms with van der Waals surface area (Å²) in [6, 6.07) is 0.0353. The van der Waals surface area contributed by atoms with Gasteiger partial charge in [-0.25, -0.2) is 13.1 Å². The van der Waals surface area contributed by atoms with E-state index < -0.39 is 10.0 Å². The summed E-state index contributed by atoms with van der Waals surface area (Å²) in [4.78, 5) is 0.253. The van der Waals surface area contributed by atoms with E-state index in [9.17, 15) is 8.42 Å². The van der Waals surface area contributed by atoms with Crippen molar-refractivity contribution in [3.8, 4) is 0 Å². The van der Waals surface area contributed by atoms with Crippen molar-refractivity contribution in [2.75, 3.05) is 13.6 Å². The molecule has 1 aromatic rings. The Morgan fingerprint density at radius 2 is 2.25 bits per heavy atom. The quantitative estimate of drug-likeness (QED) is 0.712. The fraction of sp³-hybridized carbons (Fsp3) is 0.769. The van der Waals surface area contributed by atoms with Crippen molar-refractivity contribution in [2.45, 2.75) is 50.1 Å². The molecule has 1 aliphatic rings. The van der Waals surface area contributed by atoms with Crippen LogP contribution < -0.4 is 10.0 Å². The van der Waals surface area contributed by atoms with E-state index in [4.69, 9.17) is 0 Å². The van der Waals surface area contributed by atoms with Gasteiger partial charge >= 0.3 is 0 Å². The molecule has 0 bridgehead atoms. The lowest BCUT2D eigenvalue weighted by Crippen LogP contribution is -2.34. The van der Waals surface area contributed by atoms with E-state index >= 15 is 0 Å². The van der Waals surface area contributed by atoms with Crippen LogP contribution in [0.25, 0.3) is 0 Å². The molecule has 0 saturated heterocycles. The zero-order chi connectivity index (χ0) is 14.6. The predicted molar refractivity (Wildman–Crippen MR) is 77.9 cm³/mol. The maximum atomic E-state index is 12.3. The summed E-state index contributed by atoms with van der Waals surface area (Å²) in [5.74, 6) is 0.709. The van der Waals surface area contributed by atoms with Crippen LogP contribution in [0.15, 0.2) is 17.3 Å². The number of nitrogens with one attached hydrogen (secondary N) is 2. The highest BCUT2D eigenvalue weighted by atomic mass is 32.2. The molecule has 1 atom stereocenters. The molecule has 0 radical (unpaired) electrons. The van der Waals surface area contributed by atoms with E-state index in [1.54, 1.807) is 10.9 Å². The fourth-order valence-corrected chi connectivity index (χ4v) is 3.46. The summed E-state index contributed by atoms with van der Waals surface area (Å²) >= 11 is 0. The molecule has 20 heavy (non-hydrogen) atoms.